The van der Waals surface area contributed by atoms with Gasteiger partial charge in [0.15, 0.2) is 5.96 Å². The third kappa shape index (κ3) is 4.54. The van der Waals surface area contributed by atoms with E-state index in [0.717, 1.165) is 31.1 Å². The number of rotatable bonds is 6. The lowest BCUT2D eigenvalue weighted by atomic mass is 9.96. The van der Waals surface area contributed by atoms with Crippen molar-refractivity contribution in [1.29, 1.82) is 0 Å². The van der Waals surface area contributed by atoms with Crippen molar-refractivity contribution < 1.29 is 9.47 Å². The van der Waals surface area contributed by atoms with Crippen LogP contribution in [0.25, 0.3) is 0 Å². The summed E-state index contributed by atoms with van der Waals surface area (Å²) in [6.07, 6.45) is 4.17. The van der Waals surface area contributed by atoms with Gasteiger partial charge in [-0.3, -0.25) is 0 Å². The first-order valence-electron chi connectivity index (χ1n) is 8.76. The Morgan fingerprint density at radius 1 is 1.38 bits per heavy atom. The second-order valence-corrected chi connectivity index (χ2v) is 6.90. The second kappa shape index (κ2) is 8.08. The SMILES string of the molecule is CCNC(=NCC(C)Oc1ccc(Cl)cc1)NC1CC2CCC1O2. The summed E-state index contributed by atoms with van der Waals surface area (Å²) in [4.78, 5) is 4.66. The van der Waals surface area contributed by atoms with Gasteiger partial charge in [-0.25, -0.2) is 4.99 Å². The van der Waals surface area contributed by atoms with E-state index < -0.39 is 0 Å². The molecule has 24 heavy (non-hydrogen) atoms. The average molecular weight is 352 g/mol. The van der Waals surface area contributed by atoms with Gasteiger partial charge in [-0.2, -0.15) is 0 Å². The van der Waals surface area contributed by atoms with E-state index in [1.54, 1.807) is 0 Å². The molecule has 6 heteroatoms. The fourth-order valence-electron chi connectivity index (χ4n) is 3.29. The van der Waals surface area contributed by atoms with Crippen LogP contribution in [-0.2, 0) is 4.74 Å². The van der Waals surface area contributed by atoms with Crippen molar-refractivity contribution in [3.8, 4) is 5.75 Å². The van der Waals surface area contributed by atoms with Gasteiger partial charge in [-0.1, -0.05) is 11.6 Å². The highest BCUT2D eigenvalue weighted by Crippen LogP contribution is 2.34. The molecule has 1 aromatic rings. The molecule has 132 valence electrons. The lowest BCUT2D eigenvalue weighted by molar-refractivity contribution is 0.0992. The number of hydrogen-bond donors (Lipinski definition) is 2. The van der Waals surface area contributed by atoms with E-state index in [1.165, 1.54) is 6.42 Å². The fourth-order valence-corrected chi connectivity index (χ4v) is 3.41. The molecule has 0 amide bonds. The van der Waals surface area contributed by atoms with Crippen LogP contribution in [0.2, 0.25) is 5.02 Å². The van der Waals surface area contributed by atoms with Crippen LogP contribution in [0.3, 0.4) is 0 Å². The molecule has 0 saturated carbocycles. The Hall–Kier alpha value is -1.46. The van der Waals surface area contributed by atoms with Gasteiger partial charge >= 0.3 is 0 Å². The summed E-state index contributed by atoms with van der Waals surface area (Å²) in [7, 11) is 0. The molecule has 0 spiro atoms. The number of nitrogens with one attached hydrogen (secondary N) is 2. The Morgan fingerprint density at radius 2 is 2.17 bits per heavy atom. The maximum Gasteiger partial charge on any atom is 0.191 e. The van der Waals surface area contributed by atoms with E-state index in [9.17, 15) is 0 Å². The zero-order chi connectivity index (χ0) is 16.9. The van der Waals surface area contributed by atoms with Crippen LogP contribution in [0, 0.1) is 0 Å². The normalized spacial score (nSPS) is 27.1. The van der Waals surface area contributed by atoms with Gasteiger partial charge in [0.2, 0.25) is 0 Å². The van der Waals surface area contributed by atoms with E-state index in [2.05, 4.69) is 22.5 Å². The van der Waals surface area contributed by atoms with Crippen molar-refractivity contribution in [3.63, 3.8) is 0 Å². The quantitative estimate of drug-likeness (QED) is 0.611. The summed E-state index contributed by atoms with van der Waals surface area (Å²) in [5.74, 6) is 1.65. The van der Waals surface area contributed by atoms with Gasteiger partial charge in [0, 0.05) is 11.6 Å². The van der Waals surface area contributed by atoms with E-state index in [4.69, 9.17) is 21.1 Å². The first-order chi connectivity index (χ1) is 11.6. The van der Waals surface area contributed by atoms with Gasteiger partial charge in [0.05, 0.1) is 24.8 Å². The summed E-state index contributed by atoms with van der Waals surface area (Å²) in [6.45, 7) is 5.50. The maximum atomic E-state index is 5.90. The van der Waals surface area contributed by atoms with E-state index in [-0.39, 0.29) is 6.10 Å². The number of fused-ring (bicyclic) bond motifs is 2. The Morgan fingerprint density at radius 3 is 2.79 bits per heavy atom. The molecule has 3 rings (SSSR count). The van der Waals surface area contributed by atoms with Crippen LogP contribution in [0.4, 0.5) is 0 Å². The fraction of sp³-hybridized carbons (Fsp3) is 0.611. The van der Waals surface area contributed by atoms with Crippen LogP contribution >= 0.6 is 11.6 Å². The molecule has 2 bridgehead atoms. The van der Waals surface area contributed by atoms with Gasteiger partial charge in [-0.05, 0) is 57.4 Å². The van der Waals surface area contributed by atoms with E-state index in [1.807, 2.05) is 31.2 Å². The minimum atomic E-state index is -0.0158. The Balaban J connectivity index is 1.51. The third-order valence-corrected chi connectivity index (χ3v) is 4.68. The van der Waals surface area contributed by atoms with E-state index >= 15 is 0 Å². The highest BCUT2D eigenvalue weighted by atomic mass is 35.5. The standard InChI is InChI=1S/C18H26ClN3O2/c1-3-20-18(22-16-10-15-8-9-17(16)24-15)21-11-12(2)23-14-6-4-13(19)5-7-14/h4-7,12,15-17H,3,8-11H2,1-2H3,(H2,20,21,22). The van der Waals surface area contributed by atoms with Crippen LogP contribution in [0.15, 0.2) is 29.3 Å². The van der Waals surface area contributed by atoms with E-state index in [0.29, 0.717) is 29.8 Å². The molecule has 2 fully saturated rings. The smallest absolute Gasteiger partial charge is 0.191 e. The van der Waals surface area contributed by atoms with Crippen LogP contribution < -0.4 is 15.4 Å². The lowest BCUT2D eigenvalue weighted by Crippen LogP contribution is -2.47. The molecule has 2 saturated heterocycles. The summed E-state index contributed by atoms with van der Waals surface area (Å²) in [5.41, 5.74) is 0. The van der Waals surface area contributed by atoms with Crippen molar-refractivity contribution in [2.45, 2.75) is 57.5 Å². The Bertz CT molecular complexity index is 564. The number of aliphatic imine (C=N–C) groups is 1. The molecule has 4 atom stereocenters. The topological polar surface area (TPSA) is 54.9 Å². The first kappa shape index (κ1) is 17.4. The first-order valence-corrected chi connectivity index (χ1v) is 9.14. The predicted molar refractivity (Wildman–Crippen MR) is 97.0 cm³/mol. The van der Waals surface area contributed by atoms with Gasteiger partial charge in [-0.15, -0.1) is 0 Å². The minimum absolute atomic E-state index is 0.0158. The monoisotopic (exact) mass is 351 g/mol. The molecular weight excluding hydrogens is 326 g/mol. The molecule has 0 aromatic heterocycles. The highest BCUT2D eigenvalue weighted by Gasteiger charge is 2.41. The van der Waals surface area contributed by atoms with Gasteiger partial charge in [0.25, 0.3) is 0 Å². The summed E-state index contributed by atoms with van der Waals surface area (Å²) < 4.78 is 11.8. The maximum absolute atomic E-state index is 5.90. The Kier molecular flexibility index (Phi) is 5.85. The highest BCUT2D eigenvalue weighted by molar-refractivity contribution is 6.30. The summed E-state index contributed by atoms with van der Waals surface area (Å²) in [6, 6.07) is 7.77. The summed E-state index contributed by atoms with van der Waals surface area (Å²) >= 11 is 5.89. The molecule has 2 N–H and O–H groups in total. The van der Waals surface area contributed by atoms with Gasteiger partial charge in [0.1, 0.15) is 11.9 Å². The van der Waals surface area contributed by atoms with Crippen molar-refractivity contribution in [1.82, 2.24) is 10.6 Å². The zero-order valence-corrected chi connectivity index (χ0v) is 15.1. The minimum Gasteiger partial charge on any atom is -0.489 e. The number of nitrogens with zero attached hydrogens (tertiary/aromatic N) is 1. The lowest BCUT2D eigenvalue weighted by Gasteiger charge is -2.23. The molecule has 0 radical (unpaired) electrons. The molecule has 4 unspecified atom stereocenters. The molecule has 5 nitrogen and oxygen atoms in total. The van der Waals surface area contributed by atoms with Crippen molar-refractivity contribution in [2.75, 3.05) is 13.1 Å². The number of ether oxygens (including phenoxy) is 2. The number of halogens is 1. The average Bonchev–Trinajstić information content (AvgIpc) is 3.18. The van der Waals surface area contributed by atoms with Crippen molar-refractivity contribution >= 4 is 17.6 Å². The number of benzene rings is 1. The molecule has 2 aliphatic rings. The Labute approximate surface area is 148 Å². The molecule has 2 aliphatic heterocycles. The largest absolute Gasteiger partial charge is 0.489 e. The van der Waals surface area contributed by atoms with Crippen molar-refractivity contribution in [2.24, 2.45) is 4.99 Å². The molecular formula is C18H26ClN3O2. The van der Waals surface area contributed by atoms with Crippen LogP contribution in [0.5, 0.6) is 5.75 Å². The molecule has 0 aliphatic carbocycles. The number of hydrogen-bond acceptors (Lipinski definition) is 3. The molecule has 2 heterocycles. The zero-order valence-electron chi connectivity index (χ0n) is 14.3. The van der Waals surface area contributed by atoms with Gasteiger partial charge < -0.3 is 20.1 Å². The van der Waals surface area contributed by atoms with Crippen molar-refractivity contribution in [3.05, 3.63) is 29.3 Å². The third-order valence-electron chi connectivity index (χ3n) is 4.43. The summed E-state index contributed by atoms with van der Waals surface area (Å²) in [5, 5.41) is 7.53. The van der Waals surface area contributed by atoms with Crippen LogP contribution in [0.1, 0.15) is 33.1 Å². The number of guanidine groups is 1. The van der Waals surface area contributed by atoms with Crippen LogP contribution in [-0.4, -0.2) is 43.4 Å². The predicted octanol–water partition coefficient (Wildman–Crippen LogP) is 2.98. The molecule has 1 aromatic carbocycles. The second-order valence-electron chi connectivity index (χ2n) is 6.46.